The first kappa shape index (κ1) is 11.1. The summed E-state index contributed by atoms with van der Waals surface area (Å²) in [6.07, 6.45) is 5.25. The van der Waals surface area contributed by atoms with Crippen LogP contribution in [0.1, 0.15) is 24.8 Å². The molecule has 1 aliphatic rings. The van der Waals surface area contributed by atoms with E-state index in [0.29, 0.717) is 0 Å². The molecule has 1 amide bonds. The minimum atomic E-state index is -0.489. The molecule has 4 nitrogen and oxygen atoms in total. The van der Waals surface area contributed by atoms with Crippen LogP contribution in [0.3, 0.4) is 0 Å². The minimum Gasteiger partial charge on any atom is -0.392 e. The number of carbonyl (C=O) groups is 1. The number of aryl methyl sites for hydroxylation is 1. The van der Waals surface area contributed by atoms with Gasteiger partial charge in [-0.25, -0.2) is 0 Å². The molecule has 86 valence electrons. The monoisotopic (exact) mass is 220 g/mol. The number of nitrogens with one attached hydrogen (secondary N) is 1. The normalized spacial score (nSPS) is 24.4. The molecule has 2 atom stereocenters. The minimum absolute atomic E-state index is 0.0962. The largest absolute Gasteiger partial charge is 0.392 e. The van der Waals surface area contributed by atoms with Crippen molar-refractivity contribution in [2.24, 2.45) is 5.92 Å². The Bertz CT molecular complexity index is 392. The molecule has 0 aromatic carbocycles. The zero-order chi connectivity index (χ0) is 11.5. The molecule has 1 aliphatic carbocycles. The van der Waals surface area contributed by atoms with Crippen molar-refractivity contribution in [2.75, 3.05) is 5.32 Å². The van der Waals surface area contributed by atoms with Crippen molar-refractivity contribution in [1.29, 1.82) is 0 Å². The van der Waals surface area contributed by atoms with Gasteiger partial charge in [-0.15, -0.1) is 0 Å². The quantitative estimate of drug-likeness (QED) is 0.793. The van der Waals surface area contributed by atoms with Crippen LogP contribution < -0.4 is 5.32 Å². The van der Waals surface area contributed by atoms with E-state index in [1.54, 1.807) is 12.4 Å². The van der Waals surface area contributed by atoms with Gasteiger partial charge in [0.05, 0.1) is 23.9 Å². The van der Waals surface area contributed by atoms with Gasteiger partial charge in [0, 0.05) is 6.20 Å². The van der Waals surface area contributed by atoms with Gasteiger partial charge >= 0.3 is 0 Å². The van der Waals surface area contributed by atoms with Crippen LogP contribution in [-0.2, 0) is 4.79 Å². The third-order valence-electron chi connectivity index (χ3n) is 3.11. The van der Waals surface area contributed by atoms with Gasteiger partial charge < -0.3 is 10.4 Å². The Labute approximate surface area is 94.7 Å². The van der Waals surface area contributed by atoms with E-state index in [1.807, 2.05) is 13.0 Å². The van der Waals surface area contributed by atoms with Crippen LogP contribution >= 0.6 is 0 Å². The number of pyridine rings is 1. The maximum absolute atomic E-state index is 11.9. The molecule has 2 N–H and O–H groups in total. The fourth-order valence-electron chi connectivity index (χ4n) is 2.07. The van der Waals surface area contributed by atoms with Crippen LogP contribution in [0.15, 0.2) is 18.5 Å². The van der Waals surface area contributed by atoms with Crippen molar-refractivity contribution < 1.29 is 9.90 Å². The van der Waals surface area contributed by atoms with Gasteiger partial charge in [0.1, 0.15) is 0 Å². The Morgan fingerprint density at radius 2 is 2.38 bits per heavy atom. The summed E-state index contributed by atoms with van der Waals surface area (Å²) < 4.78 is 0. The molecule has 0 radical (unpaired) electrons. The number of rotatable bonds is 2. The summed E-state index contributed by atoms with van der Waals surface area (Å²) >= 11 is 0. The second-order valence-electron chi connectivity index (χ2n) is 4.28. The van der Waals surface area contributed by atoms with Crippen LogP contribution in [-0.4, -0.2) is 22.1 Å². The molecule has 1 aromatic heterocycles. The van der Waals surface area contributed by atoms with Crippen molar-refractivity contribution in [3.05, 3.63) is 24.0 Å². The average molecular weight is 220 g/mol. The second kappa shape index (κ2) is 4.61. The van der Waals surface area contributed by atoms with Crippen molar-refractivity contribution in [1.82, 2.24) is 4.98 Å². The molecule has 0 aliphatic heterocycles. The highest BCUT2D eigenvalue weighted by Gasteiger charge is 2.31. The standard InChI is InChI=1S/C12H16N2O2/c1-8-5-6-13-7-10(8)14-12(16)9-3-2-4-11(9)15/h5-7,9,11,15H,2-4H2,1H3,(H,14,16). The van der Waals surface area contributed by atoms with E-state index < -0.39 is 6.10 Å². The molecule has 16 heavy (non-hydrogen) atoms. The number of hydrogen-bond donors (Lipinski definition) is 2. The number of amides is 1. The summed E-state index contributed by atoms with van der Waals surface area (Å²) in [6, 6.07) is 1.85. The number of carbonyl (C=O) groups excluding carboxylic acids is 1. The van der Waals surface area contributed by atoms with E-state index in [9.17, 15) is 9.90 Å². The van der Waals surface area contributed by atoms with Crippen LogP contribution in [0.2, 0.25) is 0 Å². The van der Waals surface area contributed by atoms with E-state index in [4.69, 9.17) is 0 Å². The number of aliphatic hydroxyl groups excluding tert-OH is 1. The first-order valence-electron chi connectivity index (χ1n) is 5.58. The van der Waals surface area contributed by atoms with Crippen LogP contribution in [0.25, 0.3) is 0 Å². The maximum atomic E-state index is 11.9. The van der Waals surface area contributed by atoms with Gasteiger partial charge in [-0.3, -0.25) is 9.78 Å². The van der Waals surface area contributed by atoms with Crippen LogP contribution in [0.4, 0.5) is 5.69 Å². The molecular formula is C12H16N2O2. The average Bonchev–Trinajstić information content (AvgIpc) is 2.68. The molecule has 2 rings (SSSR count). The lowest BCUT2D eigenvalue weighted by Crippen LogP contribution is -2.28. The first-order valence-corrected chi connectivity index (χ1v) is 5.58. The van der Waals surface area contributed by atoms with Gasteiger partial charge in [-0.1, -0.05) is 0 Å². The highest BCUT2D eigenvalue weighted by molar-refractivity contribution is 5.93. The third kappa shape index (κ3) is 2.22. The number of hydrogen-bond acceptors (Lipinski definition) is 3. The molecule has 1 fully saturated rings. The van der Waals surface area contributed by atoms with Gasteiger partial charge in [0.15, 0.2) is 0 Å². The van der Waals surface area contributed by atoms with E-state index in [1.165, 1.54) is 0 Å². The zero-order valence-electron chi connectivity index (χ0n) is 9.31. The Balaban J connectivity index is 2.05. The second-order valence-corrected chi connectivity index (χ2v) is 4.28. The summed E-state index contributed by atoms with van der Waals surface area (Å²) in [5.74, 6) is -0.360. The maximum Gasteiger partial charge on any atom is 0.230 e. The molecule has 1 aromatic rings. The van der Waals surface area contributed by atoms with Crippen LogP contribution in [0.5, 0.6) is 0 Å². The molecule has 2 unspecified atom stereocenters. The summed E-state index contributed by atoms with van der Waals surface area (Å²) in [4.78, 5) is 15.8. The fourth-order valence-corrected chi connectivity index (χ4v) is 2.07. The summed E-state index contributed by atoms with van der Waals surface area (Å²) in [5.41, 5.74) is 1.71. The van der Waals surface area contributed by atoms with E-state index in [2.05, 4.69) is 10.3 Å². The number of anilines is 1. The highest BCUT2D eigenvalue weighted by Crippen LogP contribution is 2.27. The molecule has 1 heterocycles. The molecule has 0 spiro atoms. The molecular weight excluding hydrogens is 204 g/mol. The highest BCUT2D eigenvalue weighted by atomic mass is 16.3. The van der Waals surface area contributed by atoms with E-state index in [-0.39, 0.29) is 11.8 Å². The lowest BCUT2D eigenvalue weighted by atomic mass is 10.1. The molecule has 0 bridgehead atoms. The molecule has 0 saturated heterocycles. The third-order valence-corrected chi connectivity index (χ3v) is 3.11. The van der Waals surface area contributed by atoms with E-state index >= 15 is 0 Å². The SMILES string of the molecule is Cc1ccncc1NC(=O)C1CCCC1O. The van der Waals surface area contributed by atoms with E-state index in [0.717, 1.165) is 30.5 Å². The van der Waals surface area contributed by atoms with Crippen molar-refractivity contribution >= 4 is 11.6 Å². The van der Waals surface area contributed by atoms with Gasteiger partial charge in [0.25, 0.3) is 0 Å². The van der Waals surface area contributed by atoms with Crippen molar-refractivity contribution in [3.8, 4) is 0 Å². The number of aliphatic hydroxyl groups is 1. The van der Waals surface area contributed by atoms with Gasteiger partial charge in [0.2, 0.25) is 5.91 Å². The topological polar surface area (TPSA) is 62.2 Å². The van der Waals surface area contributed by atoms with Crippen molar-refractivity contribution in [2.45, 2.75) is 32.3 Å². The molecule has 4 heteroatoms. The Hall–Kier alpha value is -1.42. The van der Waals surface area contributed by atoms with Gasteiger partial charge in [-0.05, 0) is 37.8 Å². The predicted molar refractivity (Wildman–Crippen MR) is 61.0 cm³/mol. The number of nitrogens with zero attached hydrogens (tertiary/aromatic N) is 1. The fraction of sp³-hybridized carbons (Fsp3) is 0.500. The Morgan fingerprint density at radius 3 is 3.00 bits per heavy atom. The summed E-state index contributed by atoms with van der Waals surface area (Å²) in [5, 5.41) is 12.5. The Kier molecular flexibility index (Phi) is 3.19. The Morgan fingerprint density at radius 1 is 1.56 bits per heavy atom. The summed E-state index contributed by atoms with van der Waals surface area (Å²) in [7, 11) is 0. The smallest absolute Gasteiger partial charge is 0.230 e. The molecule has 1 saturated carbocycles. The number of aromatic nitrogens is 1. The zero-order valence-corrected chi connectivity index (χ0v) is 9.31. The first-order chi connectivity index (χ1) is 7.68. The predicted octanol–water partition coefficient (Wildman–Crippen LogP) is 1.49. The summed E-state index contributed by atoms with van der Waals surface area (Å²) in [6.45, 7) is 1.92. The lowest BCUT2D eigenvalue weighted by molar-refractivity contribution is -0.122. The van der Waals surface area contributed by atoms with Crippen molar-refractivity contribution in [3.63, 3.8) is 0 Å². The van der Waals surface area contributed by atoms with Crippen LogP contribution in [0, 0.1) is 12.8 Å². The lowest BCUT2D eigenvalue weighted by Gasteiger charge is -2.15. The van der Waals surface area contributed by atoms with Gasteiger partial charge in [-0.2, -0.15) is 0 Å².